The first-order chi connectivity index (χ1) is 12.9. The number of likely N-dealkylation sites (N-methyl/N-ethyl adjacent to an activating group) is 1. The molecule has 27 heavy (non-hydrogen) atoms. The molecule has 2 rings (SSSR count). The van der Waals surface area contributed by atoms with Gasteiger partial charge in [0.2, 0.25) is 0 Å². The number of halogens is 1. The minimum absolute atomic E-state index is 0.0164. The summed E-state index contributed by atoms with van der Waals surface area (Å²) in [6.45, 7) is 4.26. The molecule has 0 aliphatic carbocycles. The zero-order valence-electron chi connectivity index (χ0n) is 16.0. The number of carbonyl (C=O) groups is 2. The van der Waals surface area contributed by atoms with E-state index in [0.717, 1.165) is 17.4 Å². The third-order valence-corrected chi connectivity index (χ3v) is 4.55. The van der Waals surface area contributed by atoms with Gasteiger partial charge in [-0.05, 0) is 56.9 Å². The Kier molecular flexibility index (Phi) is 8.00. The summed E-state index contributed by atoms with van der Waals surface area (Å²) in [6, 6.07) is 14.3. The van der Waals surface area contributed by atoms with E-state index in [1.807, 2.05) is 31.1 Å². The van der Waals surface area contributed by atoms with E-state index in [1.165, 1.54) is 0 Å². The molecule has 0 saturated heterocycles. The van der Waals surface area contributed by atoms with Crippen molar-refractivity contribution in [3.63, 3.8) is 0 Å². The molecular weight excluding hydrogens is 406 g/mol. The van der Waals surface area contributed by atoms with Crippen molar-refractivity contribution in [2.45, 2.75) is 13.3 Å². The van der Waals surface area contributed by atoms with Gasteiger partial charge in [0.15, 0.2) is 0 Å². The molecule has 0 aliphatic heterocycles. The number of nitrogens with zero attached hydrogens (tertiary/aromatic N) is 2. The van der Waals surface area contributed by atoms with Crippen molar-refractivity contribution in [2.75, 3.05) is 39.0 Å². The lowest BCUT2D eigenvalue weighted by Gasteiger charge is -2.24. The van der Waals surface area contributed by atoms with Crippen molar-refractivity contribution >= 4 is 33.4 Å². The number of carbonyl (C=O) groups excluding carboxylic acids is 2. The Morgan fingerprint density at radius 1 is 0.963 bits per heavy atom. The van der Waals surface area contributed by atoms with E-state index in [1.54, 1.807) is 36.4 Å². The minimum Gasteiger partial charge on any atom is -0.337 e. The van der Waals surface area contributed by atoms with Crippen LogP contribution in [0.15, 0.2) is 53.0 Å². The smallest absolute Gasteiger partial charge is 0.255 e. The van der Waals surface area contributed by atoms with Crippen molar-refractivity contribution in [3.05, 3.63) is 64.1 Å². The molecule has 2 aromatic carbocycles. The monoisotopic (exact) mass is 431 g/mol. The molecule has 0 heterocycles. The lowest BCUT2D eigenvalue weighted by molar-refractivity contribution is 0.0744. The minimum atomic E-state index is -0.209. The second-order valence-corrected chi connectivity index (χ2v) is 7.56. The van der Waals surface area contributed by atoms with Crippen LogP contribution >= 0.6 is 15.9 Å². The van der Waals surface area contributed by atoms with Crippen molar-refractivity contribution < 1.29 is 9.59 Å². The van der Waals surface area contributed by atoms with Crippen LogP contribution in [-0.2, 0) is 0 Å². The number of benzene rings is 2. The van der Waals surface area contributed by atoms with Crippen LogP contribution in [0.25, 0.3) is 0 Å². The first-order valence-electron chi connectivity index (χ1n) is 9.01. The maximum Gasteiger partial charge on any atom is 0.255 e. The average Bonchev–Trinajstić information content (AvgIpc) is 2.64. The first-order valence-corrected chi connectivity index (χ1v) is 9.81. The molecule has 2 aromatic rings. The maximum absolute atomic E-state index is 12.9. The summed E-state index contributed by atoms with van der Waals surface area (Å²) < 4.78 is 0.843. The van der Waals surface area contributed by atoms with Gasteiger partial charge in [0.05, 0.1) is 0 Å². The highest BCUT2D eigenvalue weighted by Crippen LogP contribution is 2.16. The summed E-state index contributed by atoms with van der Waals surface area (Å²) in [5.74, 6) is -0.226. The molecule has 1 N–H and O–H groups in total. The van der Waals surface area contributed by atoms with Gasteiger partial charge in [-0.3, -0.25) is 9.59 Å². The Hall–Kier alpha value is -2.18. The predicted octanol–water partition coefficient (Wildman–Crippen LogP) is 4.12. The summed E-state index contributed by atoms with van der Waals surface area (Å²) in [6.07, 6.45) is 0.901. The molecule has 5 nitrogen and oxygen atoms in total. The Bertz CT molecular complexity index is 793. The molecule has 144 valence electrons. The predicted molar refractivity (Wildman–Crippen MR) is 113 cm³/mol. The van der Waals surface area contributed by atoms with E-state index < -0.39 is 0 Å². The second kappa shape index (κ2) is 10.2. The lowest BCUT2D eigenvalue weighted by atomic mass is 10.1. The Balaban J connectivity index is 2.13. The number of nitrogens with one attached hydrogen (secondary N) is 1. The van der Waals surface area contributed by atoms with E-state index in [0.29, 0.717) is 29.9 Å². The SMILES string of the molecule is CCCN(CCN(C)C)C(=O)c1cccc(NC(=O)c2cccc(Br)c2)c1. The fourth-order valence-corrected chi connectivity index (χ4v) is 3.05. The quantitative estimate of drug-likeness (QED) is 0.683. The fraction of sp³-hybridized carbons (Fsp3) is 0.333. The zero-order chi connectivity index (χ0) is 19.8. The number of hydrogen-bond acceptors (Lipinski definition) is 3. The highest BCUT2D eigenvalue weighted by molar-refractivity contribution is 9.10. The van der Waals surface area contributed by atoms with Crippen molar-refractivity contribution in [1.29, 1.82) is 0 Å². The molecule has 0 spiro atoms. The first kappa shape index (κ1) is 21.1. The Morgan fingerprint density at radius 3 is 2.33 bits per heavy atom. The van der Waals surface area contributed by atoms with Gasteiger partial charge < -0.3 is 15.1 Å². The van der Waals surface area contributed by atoms with Crippen molar-refractivity contribution in [2.24, 2.45) is 0 Å². The van der Waals surface area contributed by atoms with Crippen LogP contribution in [0.4, 0.5) is 5.69 Å². The molecule has 0 bridgehead atoms. The topological polar surface area (TPSA) is 52.6 Å². The summed E-state index contributed by atoms with van der Waals surface area (Å²) in [5.41, 5.74) is 1.74. The number of hydrogen-bond donors (Lipinski definition) is 1. The van der Waals surface area contributed by atoms with E-state index in [-0.39, 0.29) is 11.8 Å². The van der Waals surface area contributed by atoms with Crippen LogP contribution in [0.1, 0.15) is 34.1 Å². The number of amides is 2. The highest BCUT2D eigenvalue weighted by atomic mass is 79.9. The summed E-state index contributed by atoms with van der Waals surface area (Å²) in [4.78, 5) is 29.2. The molecule has 0 aromatic heterocycles. The summed E-state index contributed by atoms with van der Waals surface area (Å²) in [5, 5.41) is 2.86. The van der Waals surface area contributed by atoms with Crippen LogP contribution in [-0.4, -0.2) is 55.3 Å². The molecule has 0 radical (unpaired) electrons. The molecule has 2 amide bonds. The molecule has 0 atom stereocenters. The maximum atomic E-state index is 12.9. The second-order valence-electron chi connectivity index (χ2n) is 6.64. The largest absolute Gasteiger partial charge is 0.337 e. The van der Waals surface area contributed by atoms with E-state index in [9.17, 15) is 9.59 Å². The Morgan fingerprint density at radius 2 is 1.67 bits per heavy atom. The van der Waals surface area contributed by atoms with Gasteiger partial charge in [-0.2, -0.15) is 0 Å². The van der Waals surface area contributed by atoms with Crippen LogP contribution in [0, 0.1) is 0 Å². The van der Waals surface area contributed by atoms with Gasteiger partial charge in [0, 0.05) is 40.9 Å². The van der Waals surface area contributed by atoms with E-state index >= 15 is 0 Å². The standard InChI is InChI=1S/C21H26BrN3O2/c1-4-11-25(13-12-24(2)3)21(27)17-8-6-10-19(15-17)23-20(26)16-7-5-9-18(22)14-16/h5-10,14-15H,4,11-13H2,1-3H3,(H,23,26). The van der Waals surface area contributed by atoms with E-state index in [4.69, 9.17) is 0 Å². The normalized spacial score (nSPS) is 10.7. The lowest BCUT2D eigenvalue weighted by Crippen LogP contribution is -2.37. The highest BCUT2D eigenvalue weighted by Gasteiger charge is 2.16. The molecular formula is C21H26BrN3O2. The van der Waals surface area contributed by atoms with Crippen LogP contribution in [0.2, 0.25) is 0 Å². The van der Waals surface area contributed by atoms with Gasteiger partial charge in [-0.25, -0.2) is 0 Å². The van der Waals surface area contributed by atoms with E-state index in [2.05, 4.69) is 33.1 Å². The fourth-order valence-electron chi connectivity index (χ4n) is 2.65. The molecule has 0 unspecified atom stereocenters. The van der Waals surface area contributed by atoms with Gasteiger partial charge in [0.1, 0.15) is 0 Å². The van der Waals surface area contributed by atoms with Gasteiger partial charge in [-0.15, -0.1) is 0 Å². The van der Waals surface area contributed by atoms with Gasteiger partial charge in [0.25, 0.3) is 11.8 Å². The van der Waals surface area contributed by atoms with Crippen LogP contribution in [0.5, 0.6) is 0 Å². The zero-order valence-corrected chi connectivity index (χ0v) is 17.6. The molecule has 0 saturated carbocycles. The third-order valence-electron chi connectivity index (χ3n) is 4.05. The van der Waals surface area contributed by atoms with Gasteiger partial charge in [-0.1, -0.05) is 35.0 Å². The third kappa shape index (κ3) is 6.48. The van der Waals surface area contributed by atoms with Crippen molar-refractivity contribution in [3.8, 4) is 0 Å². The Labute approximate surface area is 169 Å². The summed E-state index contributed by atoms with van der Waals surface area (Å²) >= 11 is 3.37. The number of rotatable bonds is 8. The average molecular weight is 432 g/mol. The molecule has 0 aliphatic rings. The van der Waals surface area contributed by atoms with Gasteiger partial charge >= 0.3 is 0 Å². The number of anilines is 1. The van der Waals surface area contributed by atoms with Crippen molar-refractivity contribution in [1.82, 2.24) is 9.80 Å². The molecule has 6 heteroatoms. The molecule has 0 fully saturated rings. The summed E-state index contributed by atoms with van der Waals surface area (Å²) in [7, 11) is 3.99. The van der Waals surface area contributed by atoms with Crippen LogP contribution in [0.3, 0.4) is 0 Å². The van der Waals surface area contributed by atoms with Crippen LogP contribution < -0.4 is 5.32 Å².